The van der Waals surface area contributed by atoms with Crippen LogP contribution in [-0.4, -0.2) is 24.9 Å². The van der Waals surface area contributed by atoms with Gasteiger partial charge in [-0.1, -0.05) is 121 Å². The first kappa shape index (κ1) is 25.4. The van der Waals surface area contributed by atoms with Crippen molar-refractivity contribution in [2.75, 3.05) is 6.61 Å². The fourth-order valence-electron chi connectivity index (χ4n) is 4.73. The Balaban J connectivity index is 1.35. The van der Waals surface area contributed by atoms with Crippen LogP contribution in [0.2, 0.25) is 0 Å². The Bertz CT molecular complexity index is 1170. The SMILES string of the molecule is c1ccc(COC[C@H]2O[C@H](c3ccccc3)C[C@@H](OCc3ccccc3)[C@@H]2OCc2ccccc2)cc1. The van der Waals surface area contributed by atoms with Gasteiger partial charge in [0, 0.05) is 6.42 Å². The van der Waals surface area contributed by atoms with Crippen molar-refractivity contribution in [3.63, 3.8) is 0 Å². The van der Waals surface area contributed by atoms with Gasteiger partial charge in [0.2, 0.25) is 0 Å². The Morgan fingerprint density at radius 1 is 0.568 bits per heavy atom. The third-order valence-electron chi connectivity index (χ3n) is 6.68. The van der Waals surface area contributed by atoms with E-state index in [1.807, 2.05) is 60.7 Å². The Labute approximate surface area is 219 Å². The third kappa shape index (κ3) is 7.37. The minimum Gasteiger partial charge on any atom is -0.374 e. The van der Waals surface area contributed by atoms with Gasteiger partial charge in [0.25, 0.3) is 0 Å². The Morgan fingerprint density at radius 3 is 1.62 bits per heavy atom. The number of hydrogen-bond acceptors (Lipinski definition) is 4. The van der Waals surface area contributed by atoms with Crippen LogP contribution < -0.4 is 0 Å². The standard InChI is InChI=1S/C33H34O4/c1-5-13-26(14-6-1)22-34-25-32-33(36-24-28-17-9-3-10-18-28)31(35-23-27-15-7-2-8-16-27)21-30(37-32)29-19-11-4-12-20-29/h1-20,30-33H,21-25H2/t30-,31+,32+,33-/m0/s1. The zero-order valence-electron chi connectivity index (χ0n) is 21.0. The summed E-state index contributed by atoms with van der Waals surface area (Å²) in [6.07, 6.45) is -0.0604. The van der Waals surface area contributed by atoms with Crippen molar-refractivity contribution < 1.29 is 18.9 Å². The van der Waals surface area contributed by atoms with E-state index in [1.54, 1.807) is 0 Å². The highest BCUT2D eigenvalue weighted by Gasteiger charge is 2.41. The Morgan fingerprint density at radius 2 is 1.05 bits per heavy atom. The molecule has 4 atom stereocenters. The average molecular weight is 495 g/mol. The fourth-order valence-corrected chi connectivity index (χ4v) is 4.73. The molecule has 0 saturated carbocycles. The second-order valence-corrected chi connectivity index (χ2v) is 9.41. The van der Waals surface area contributed by atoms with Crippen LogP contribution in [0.4, 0.5) is 0 Å². The van der Waals surface area contributed by atoms with E-state index in [9.17, 15) is 0 Å². The van der Waals surface area contributed by atoms with Gasteiger partial charge >= 0.3 is 0 Å². The van der Waals surface area contributed by atoms with Crippen LogP contribution in [-0.2, 0) is 38.8 Å². The van der Waals surface area contributed by atoms with Gasteiger partial charge in [-0.2, -0.15) is 0 Å². The van der Waals surface area contributed by atoms with E-state index in [2.05, 4.69) is 60.7 Å². The summed E-state index contributed by atoms with van der Waals surface area (Å²) in [5.74, 6) is 0. The molecule has 4 aromatic carbocycles. The fraction of sp³-hybridized carbons (Fsp3) is 0.273. The zero-order chi connectivity index (χ0) is 25.1. The highest BCUT2D eigenvalue weighted by molar-refractivity contribution is 5.20. The second-order valence-electron chi connectivity index (χ2n) is 9.41. The summed E-state index contributed by atoms with van der Waals surface area (Å²) in [5.41, 5.74) is 4.55. The van der Waals surface area contributed by atoms with E-state index in [4.69, 9.17) is 18.9 Å². The highest BCUT2D eigenvalue weighted by atomic mass is 16.6. The molecule has 0 N–H and O–H groups in total. The Hall–Kier alpha value is -3.28. The van der Waals surface area contributed by atoms with E-state index in [-0.39, 0.29) is 24.4 Å². The molecule has 1 heterocycles. The number of benzene rings is 4. The summed E-state index contributed by atoms with van der Waals surface area (Å²) in [6.45, 7) is 1.96. The molecule has 1 aliphatic heterocycles. The lowest BCUT2D eigenvalue weighted by Crippen LogP contribution is -2.50. The molecule has 0 aromatic heterocycles. The topological polar surface area (TPSA) is 36.9 Å². The number of ether oxygens (including phenoxy) is 4. The number of rotatable bonds is 11. The van der Waals surface area contributed by atoms with Crippen LogP contribution in [0, 0.1) is 0 Å². The van der Waals surface area contributed by atoms with Crippen LogP contribution in [0.5, 0.6) is 0 Å². The first-order chi connectivity index (χ1) is 18.3. The van der Waals surface area contributed by atoms with Crippen molar-refractivity contribution >= 4 is 0 Å². The van der Waals surface area contributed by atoms with Crippen molar-refractivity contribution in [3.05, 3.63) is 144 Å². The van der Waals surface area contributed by atoms with Crippen LogP contribution >= 0.6 is 0 Å². The largest absolute Gasteiger partial charge is 0.374 e. The van der Waals surface area contributed by atoms with Gasteiger partial charge in [0.05, 0.1) is 38.6 Å². The first-order valence-corrected chi connectivity index (χ1v) is 13.0. The molecular formula is C33H34O4. The minimum absolute atomic E-state index is 0.0936. The van der Waals surface area contributed by atoms with Crippen molar-refractivity contribution in [1.82, 2.24) is 0 Å². The van der Waals surface area contributed by atoms with Gasteiger partial charge < -0.3 is 18.9 Å². The van der Waals surface area contributed by atoms with Crippen molar-refractivity contribution in [3.8, 4) is 0 Å². The molecule has 1 aliphatic rings. The quantitative estimate of drug-likeness (QED) is 0.227. The molecule has 1 fully saturated rings. The Kier molecular flexibility index (Phi) is 9.13. The highest BCUT2D eigenvalue weighted by Crippen LogP contribution is 2.35. The molecule has 0 unspecified atom stereocenters. The van der Waals surface area contributed by atoms with Crippen molar-refractivity contribution in [2.45, 2.75) is 50.7 Å². The maximum absolute atomic E-state index is 6.66. The van der Waals surface area contributed by atoms with Gasteiger partial charge in [-0.25, -0.2) is 0 Å². The van der Waals surface area contributed by atoms with Gasteiger partial charge in [-0.3, -0.25) is 0 Å². The van der Waals surface area contributed by atoms with E-state index in [0.29, 0.717) is 32.8 Å². The zero-order valence-corrected chi connectivity index (χ0v) is 21.0. The van der Waals surface area contributed by atoms with Gasteiger partial charge in [0.15, 0.2) is 0 Å². The van der Waals surface area contributed by atoms with Crippen molar-refractivity contribution in [2.24, 2.45) is 0 Å². The summed E-state index contributed by atoms with van der Waals surface area (Å²) in [5, 5.41) is 0. The predicted molar refractivity (Wildman–Crippen MR) is 145 cm³/mol. The summed E-state index contributed by atoms with van der Waals surface area (Å²) in [4.78, 5) is 0. The maximum Gasteiger partial charge on any atom is 0.113 e. The number of hydrogen-bond donors (Lipinski definition) is 0. The predicted octanol–water partition coefficient (Wildman–Crippen LogP) is 6.90. The smallest absolute Gasteiger partial charge is 0.113 e. The lowest BCUT2D eigenvalue weighted by atomic mass is 9.93. The van der Waals surface area contributed by atoms with Crippen molar-refractivity contribution in [1.29, 1.82) is 0 Å². The molecule has 4 nitrogen and oxygen atoms in total. The molecule has 0 radical (unpaired) electrons. The molecule has 0 aliphatic carbocycles. The lowest BCUT2D eigenvalue weighted by Gasteiger charge is -2.41. The normalized spacial score (nSPS) is 21.5. The molecule has 4 heteroatoms. The summed E-state index contributed by atoms with van der Waals surface area (Å²) < 4.78 is 25.9. The van der Waals surface area contributed by atoms with E-state index in [0.717, 1.165) is 22.3 Å². The van der Waals surface area contributed by atoms with Gasteiger partial charge in [-0.15, -0.1) is 0 Å². The molecular weight excluding hydrogens is 460 g/mol. The van der Waals surface area contributed by atoms with Crippen LogP contribution in [0.1, 0.15) is 34.8 Å². The van der Waals surface area contributed by atoms with Crippen LogP contribution in [0.15, 0.2) is 121 Å². The van der Waals surface area contributed by atoms with Crippen LogP contribution in [0.3, 0.4) is 0 Å². The van der Waals surface area contributed by atoms with Gasteiger partial charge in [-0.05, 0) is 22.3 Å². The molecule has 190 valence electrons. The minimum atomic E-state index is -0.271. The monoisotopic (exact) mass is 494 g/mol. The third-order valence-corrected chi connectivity index (χ3v) is 6.68. The summed E-state index contributed by atoms with van der Waals surface area (Å²) >= 11 is 0. The molecule has 37 heavy (non-hydrogen) atoms. The summed E-state index contributed by atoms with van der Waals surface area (Å²) in [6, 6.07) is 41.1. The molecule has 0 spiro atoms. The molecule has 5 rings (SSSR count). The molecule has 0 bridgehead atoms. The summed E-state index contributed by atoms with van der Waals surface area (Å²) in [7, 11) is 0. The van der Waals surface area contributed by atoms with E-state index in [1.165, 1.54) is 0 Å². The van der Waals surface area contributed by atoms with E-state index >= 15 is 0 Å². The maximum atomic E-state index is 6.66. The second kappa shape index (κ2) is 13.3. The van der Waals surface area contributed by atoms with Gasteiger partial charge in [0.1, 0.15) is 12.2 Å². The first-order valence-electron chi connectivity index (χ1n) is 13.0. The average Bonchev–Trinajstić information content (AvgIpc) is 2.97. The van der Waals surface area contributed by atoms with E-state index < -0.39 is 0 Å². The van der Waals surface area contributed by atoms with Crippen LogP contribution in [0.25, 0.3) is 0 Å². The molecule has 1 saturated heterocycles. The lowest BCUT2D eigenvalue weighted by molar-refractivity contribution is -0.222. The molecule has 0 amide bonds. The molecule has 4 aromatic rings.